The van der Waals surface area contributed by atoms with Gasteiger partial charge in [-0.3, -0.25) is 4.79 Å². The van der Waals surface area contributed by atoms with Gasteiger partial charge in [0.1, 0.15) is 5.82 Å². The minimum absolute atomic E-state index is 0.172. The van der Waals surface area contributed by atoms with Crippen LogP contribution in [0.4, 0.5) is 5.69 Å². The lowest BCUT2D eigenvalue weighted by Crippen LogP contribution is -2.22. The van der Waals surface area contributed by atoms with Gasteiger partial charge in [-0.05, 0) is 50.2 Å². The lowest BCUT2D eigenvalue weighted by atomic mass is 10.2. The maximum atomic E-state index is 12.5. The first-order valence-electron chi connectivity index (χ1n) is 9.22. The normalized spacial score (nSPS) is 11.8. The molecule has 0 spiro atoms. The molecule has 1 heterocycles. The Hall–Kier alpha value is -2.78. The Labute approximate surface area is 183 Å². The van der Waals surface area contributed by atoms with Crippen LogP contribution in [0, 0.1) is 6.92 Å². The highest BCUT2D eigenvalue weighted by Crippen LogP contribution is 2.26. The Morgan fingerprint density at radius 2 is 1.77 bits per heavy atom. The van der Waals surface area contributed by atoms with Crippen molar-refractivity contribution in [2.75, 3.05) is 5.32 Å². The zero-order chi connectivity index (χ0) is 21.7. The van der Waals surface area contributed by atoms with Crippen LogP contribution >= 0.6 is 23.5 Å². The molecule has 3 rings (SSSR count). The summed E-state index contributed by atoms with van der Waals surface area (Å²) in [5, 5.41) is 20.5. The van der Waals surface area contributed by atoms with Crippen molar-refractivity contribution < 1.29 is 14.7 Å². The fourth-order valence-electron chi connectivity index (χ4n) is 2.51. The van der Waals surface area contributed by atoms with Crippen molar-refractivity contribution in [1.29, 1.82) is 0 Å². The molecule has 0 saturated heterocycles. The maximum Gasteiger partial charge on any atom is 0.335 e. The van der Waals surface area contributed by atoms with Gasteiger partial charge < -0.3 is 15.0 Å². The number of carbonyl (C=O) groups is 2. The number of aryl methyl sites for hydroxylation is 1. The van der Waals surface area contributed by atoms with E-state index in [-0.39, 0.29) is 11.5 Å². The van der Waals surface area contributed by atoms with Crippen molar-refractivity contribution in [2.45, 2.75) is 34.9 Å². The second kappa shape index (κ2) is 9.82. The highest BCUT2D eigenvalue weighted by atomic mass is 32.2. The Kier molecular flexibility index (Phi) is 7.17. The number of carboxylic acids is 1. The third kappa shape index (κ3) is 5.64. The molecule has 2 aromatic carbocycles. The van der Waals surface area contributed by atoms with Crippen LogP contribution in [0.3, 0.4) is 0 Å². The molecule has 0 aliphatic rings. The number of aromatic carboxylic acids is 1. The molecule has 1 unspecified atom stereocenters. The van der Waals surface area contributed by atoms with Crippen molar-refractivity contribution in [2.24, 2.45) is 7.05 Å². The quantitative estimate of drug-likeness (QED) is 0.504. The zero-order valence-electron chi connectivity index (χ0n) is 16.8. The number of anilines is 1. The van der Waals surface area contributed by atoms with Crippen molar-refractivity contribution in [1.82, 2.24) is 14.8 Å². The average molecular weight is 443 g/mol. The first-order valence-corrected chi connectivity index (χ1v) is 11.1. The number of nitrogens with zero attached hydrogens (tertiary/aromatic N) is 3. The molecule has 0 saturated carbocycles. The van der Waals surface area contributed by atoms with E-state index in [9.17, 15) is 9.59 Å². The molecule has 3 aromatic rings. The topological polar surface area (TPSA) is 97.1 Å². The molecule has 0 fully saturated rings. The second-order valence-corrected chi connectivity index (χ2v) is 9.05. The summed E-state index contributed by atoms with van der Waals surface area (Å²) in [5.41, 5.74) is 1.94. The van der Waals surface area contributed by atoms with E-state index in [1.807, 2.05) is 11.6 Å². The number of hydrogen-bond acceptors (Lipinski definition) is 6. The number of nitrogens with one attached hydrogen (secondary N) is 1. The number of aromatic nitrogens is 3. The van der Waals surface area contributed by atoms with Gasteiger partial charge in [0.2, 0.25) is 5.91 Å². The summed E-state index contributed by atoms with van der Waals surface area (Å²) in [6, 6.07) is 14.4. The third-order valence-electron chi connectivity index (χ3n) is 4.36. The molecule has 0 radical (unpaired) electrons. The number of carbonyl (C=O) groups excluding carboxylic acids is 1. The minimum Gasteiger partial charge on any atom is -0.478 e. The summed E-state index contributed by atoms with van der Waals surface area (Å²) in [6.45, 7) is 3.85. The Bertz CT molecular complexity index is 1030. The van der Waals surface area contributed by atoms with E-state index in [1.54, 1.807) is 30.8 Å². The first kappa shape index (κ1) is 21.9. The fourth-order valence-corrected chi connectivity index (χ4v) is 4.22. The molecule has 0 aliphatic carbocycles. The van der Waals surface area contributed by atoms with E-state index in [0.717, 1.165) is 5.82 Å². The molecular formula is C21H22N4O3S2. The first-order chi connectivity index (χ1) is 14.3. The summed E-state index contributed by atoms with van der Waals surface area (Å²) < 4.78 is 1.90. The zero-order valence-corrected chi connectivity index (χ0v) is 18.5. The molecule has 1 atom stereocenters. The van der Waals surface area contributed by atoms with Crippen molar-refractivity contribution in [3.8, 4) is 0 Å². The van der Waals surface area contributed by atoms with Crippen LogP contribution in [-0.4, -0.2) is 37.0 Å². The summed E-state index contributed by atoms with van der Waals surface area (Å²) in [4.78, 5) is 24.6. The van der Waals surface area contributed by atoms with Crippen molar-refractivity contribution >= 4 is 41.1 Å². The van der Waals surface area contributed by atoms with Gasteiger partial charge in [0.15, 0.2) is 5.16 Å². The molecule has 1 aromatic heterocycles. The molecule has 156 valence electrons. The standard InChI is InChI=1S/C21H22N4O3S2/c1-13-4-10-17(11-5-13)29-12-18-23-24-21(25(18)3)30-14(2)19(26)22-16-8-6-15(7-9-16)20(27)28/h4-11,14H,12H2,1-3H3,(H,22,26)(H,27,28). The fraction of sp³-hybridized carbons (Fsp3) is 0.238. The van der Waals surface area contributed by atoms with E-state index in [0.29, 0.717) is 16.6 Å². The van der Waals surface area contributed by atoms with Crippen molar-refractivity contribution in [3.05, 3.63) is 65.5 Å². The maximum absolute atomic E-state index is 12.5. The number of benzene rings is 2. The van der Waals surface area contributed by atoms with Crippen LogP contribution < -0.4 is 5.32 Å². The molecule has 7 nitrogen and oxygen atoms in total. The van der Waals surface area contributed by atoms with Crippen molar-refractivity contribution in [3.63, 3.8) is 0 Å². The lowest BCUT2D eigenvalue weighted by Gasteiger charge is -2.12. The second-order valence-electron chi connectivity index (χ2n) is 6.69. The lowest BCUT2D eigenvalue weighted by molar-refractivity contribution is -0.115. The number of thioether (sulfide) groups is 2. The van der Waals surface area contributed by atoms with E-state index in [1.165, 1.54) is 34.4 Å². The molecule has 9 heteroatoms. The van der Waals surface area contributed by atoms with Gasteiger partial charge in [-0.15, -0.1) is 22.0 Å². The van der Waals surface area contributed by atoms with Gasteiger partial charge in [0.25, 0.3) is 0 Å². The monoisotopic (exact) mass is 442 g/mol. The SMILES string of the molecule is Cc1ccc(SCc2nnc(SC(C)C(=O)Nc3ccc(C(=O)O)cc3)n2C)cc1. The van der Waals surface area contributed by atoms with Gasteiger partial charge in [-0.2, -0.15) is 0 Å². The Morgan fingerprint density at radius 3 is 2.40 bits per heavy atom. The van der Waals surface area contributed by atoms with Crippen LogP contribution in [-0.2, 0) is 17.6 Å². The highest BCUT2D eigenvalue weighted by Gasteiger charge is 2.19. The molecule has 2 N–H and O–H groups in total. The smallest absolute Gasteiger partial charge is 0.335 e. The van der Waals surface area contributed by atoms with Gasteiger partial charge >= 0.3 is 5.97 Å². The van der Waals surface area contributed by atoms with Gasteiger partial charge in [-0.25, -0.2) is 4.79 Å². The molecule has 1 amide bonds. The largest absolute Gasteiger partial charge is 0.478 e. The predicted octanol–water partition coefficient (Wildman–Crippen LogP) is 4.23. The van der Waals surface area contributed by atoms with Crippen LogP contribution in [0.5, 0.6) is 0 Å². The van der Waals surface area contributed by atoms with Gasteiger partial charge in [-0.1, -0.05) is 29.5 Å². The predicted molar refractivity (Wildman–Crippen MR) is 119 cm³/mol. The average Bonchev–Trinajstić information content (AvgIpc) is 3.07. The molecule has 0 bridgehead atoms. The van der Waals surface area contributed by atoms with Gasteiger partial charge in [0.05, 0.1) is 16.6 Å². The molecule has 0 aliphatic heterocycles. The van der Waals surface area contributed by atoms with E-state index < -0.39 is 11.2 Å². The number of amides is 1. The van der Waals surface area contributed by atoms with Crippen LogP contribution in [0.1, 0.15) is 28.7 Å². The van der Waals surface area contributed by atoms with E-state index >= 15 is 0 Å². The highest BCUT2D eigenvalue weighted by molar-refractivity contribution is 8.00. The summed E-state index contributed by atoms with van der Waals surface area (Å²) in [7, 11) is 1.89. The summed E-state index contributed by atoms with van der Waals surface area (Å²) in [5.74, 6) is 0.320. The number of carboxylic acid groups (broad SMARTS) is 1. The van der Waals surface area contributed by atoms with Gasteiger partial charge in [0, 0.05) is 17.6 Å². The minimum atomic E-state index is -1.00. The summed E-state index contributed by atoms with van der Waals surface area (Å²) in [6.07, 6.45) is 0. The molecule has 30 heavy (non-hydrogen) atoms. The number of hydrogen-bond donors (Lipinski definition) is 2. The Morgan fingerprint density at radius 1 is 1.10 bits per heavy atom. The van der Waals surface area contributed by atoms with E-state index in [4.69, 9.17) is 5.11 Å². The Balaban J connectivity index is 1.56. The van der Waals surface area contributed by atoms with E-state index in [2.05, 4.69) is 46.7 Å². The molecular weight excluding hydrogens is 420 g/mol. The summed E-state index contributed by atoms with van der Waals surface area (Å²) >= 11 is 3.01. The van der Waals surface area contributed by atoms with Crippen LogP contribution in [0.15, 0.2) is 58.6 Å². The third-order valence-corrected chi connectivity index (χ3v) is 6.51. The number of rotatable bonds is 8. The van der Waals surface area contributed by atoms with Crippen LogP contribution in [0.2, 0.25) is 0 Å². The van der Waals surface area contributed by atoms with Crippen LogP contribution in [0.25, 0.3) is 0 Å².